The molecular weight excluding hydrogens is 200 g/mol. The number of hydrogen-bond acceptors (Lipinski definition) is 2. The van der Waals surface area contributed by atoms with Crippen molar-refractivity contribution in [2.24, 2.45) is 11.3 Å². The Labute approximate surface area is 88.6 Å². The molecule has 1 heterocycles. The summed E-state index contributed by atoms with van der Waals surface area (Å²) in [5.74, 6) is -2.59. The molecule has 1 saturated carbocycles. The van der Waals surface area contributed by atoms with Gasteiger partial charge in [-0.15, -0.1) is 0 Å². The number of rotatable bonds is 3. The van der Waals surface area contributed by atoms with Gasteiger partial charge in [-0.3, -0.25) is 4.79 Å². The minimum absolute atomic E-state index is 0.0109. The molecule has 15 heavy (non-hydrogen) atoms. The fraction of sp³-hybridized carbons (Fsp3) is 0.909. The van der Waals surface area contributed by atoms with E-state index in [0.29, 0.717) is 0 Å². The zero-order valence-corrected chi connectivity index (χ0v) is 9.22. The lowest BCUT2D eigenvalue weighted by molar-refractivity contribution is -0.124. The summed E-state index contributed by atoms with van der Waals surface area (Å²) in [4.78, 5) is 13.9. The first-order valence-electron chi connectivity index (χ1n) is 5.43. The van der Waals surface area contributed by atoms with Crippen molar-refractivity contribution in [3.63, 3.8) is 0 Å². The fourth-order valence-electron chi connectivity index (χ4n) is 2.36. The largest absolute Gasteiger partial charge is 0.306 e. The normalized spacial score (nSPS) is 39.3. The number of alkyl halides is 2. The molecule has 2 fully saturated rings. The lowest BCUT2D eigenvalue weighted by Crippen LogP contribution is -2.23. The average molecular weight is 217 g/mol. The summed E-state index contributed by atoms with van der Waals surface area (Å²) in [6, 6.07) is 0. The predicted molar refractivity (Wildman–Crippen MR) is 52.9 cm³/mol. The highest BCUT2D eigenvalue weighted by atomic mass is 19.3. The summed E-state index contributed by atoms with van der Waals surface area (Å²) in [6.07, 6.45) is 0.768. The van der Waals surface area contributed by atoms with E-state index in [4.69, 9.17) is 0 Å². The Morgan fingerprint density at radius 3 is 2.53 bits per heavy atom. The molecule has 0 radical (unpaired) electrons. The van der Waals surface area contributed by atoms with Crippen LogP contribution in [-0.2, 0) is 4.79 Å². The highest BCUT2D eigenvalue weighted by Crippen LogP contribution is 2.62. The van der Waals surface area contributed by atoms with Crippen LogP contribution in [-0.4, -0.2) is 36.7 Å². The van der Waals surface area contributed by atoms with Gasteiger partial charge in [-0.1, -0.05) is 6.92 Å². The van der Waals surface area contributed by atoms with E-state index in [2.05, 4.69) is 4.90 Å². The second-order valence-electron chi connectivity index (χ2n) is 5.33. The maximum atomic E-state index is 12.9. The van der Waals surface area contributed by atoms with Crippen LogP contribution >= 0.6 is 0 Å². The molecule has 0 amide bonds. The van der Waals surface area contributed by atoms with Crippen LogP contribution in [0.2, 0.25) is 0 Å². The van der Waals surface area contributed by atoms with Crippen molar-refractivity contribution in [2.75, 3.05) is 20.1 Å². The molecule has 2 aliphatic rings. The second kappa shape index (κ2) is 3.24. The Hall–Kier alpha value is -0.510. The van der Waals surface area contributed by atoms with E-state index >= 15 is 0 Å². The van der Waals surface area contributed by atoms with Crippen LogP contribution in [0.15, 0.2) is 0 Å². The van der Waals surface area contributed by atoms with E-state index in [-0.39, 0.29) is 24.5 Å². The summed E-state index contributed by atoms with van der Waals surface area (Å²) in [5, 5.41) is 0. The number of carbonyl (C=O) groups is 1. The number of ketones is 1. The van der Waals surface area contributed by atoms with Crippen LogP contribution in [0.3, 0.4) is 0 Å². The highest BCUT2D eigenvalue weighted by molar-refractivity contribution is 5.82. The molecule has 0 aromatic carbocycles. The van der Waals surface area contributed by atoms with Crippen LogP contribution in [0, 0.1) is 11.3 Å². The van der Waals surface area contributed by atoms with Crippen molar-refractivity contribution >= 4 is 5.78 Å². The van der Waals surface area contributed by atoms with Gasteiger partial charge in [-0.05, 0) is 20.0 Å². The van der Waals surface area contributed by atoms with Gasteiger partial charge in [0.25, 0.3) is 5.92 Å². The van der Waals surface area contributed by atoms with Gasteiger partial charge in [0.1, 0.15) is 5.78 Å². The van der Waals surface area contributed by atoms with Crippen LogP contribution in [0.5, 0.6) is 0 Å². The van der Waals surface area contributed by atoms with E-state index in [0.717, 1.165) is 19.5 Å². The summed E-state index contributed by atoms with van der Waals surface area (Å²) in [5.41, 5.74) is -1.04. The lowest BCUT2D eigenvalue weighted by Gasteiger charge is -2.13. The molecule has 0 N–H and O–H groups in total. The van der Waals surface area contributed by atoms with Gasteiger partial charge < -0.3 is 4.90 Å². The summed E-state index contributed by atoms with van der Waals surface area (Å²) in [7, 11) is 1.96. The maximum Gasteiger partial charge on any atom is 0.254 e. The van der Waals surface area contributed by atoms with Gasteiger partial charge in [0.15, 0.2) is 0 Å². The van der Waals surface area contributed by atoms with E-state index in [9.17, 15) is 13.6 Å². The molecule has 2 nitrogen and oxygen atoms in total. The van der Waals surface area contributed by atoms with Crippen molar-refractivity contribution < 1.29 is 13.6 Å². The Bertz CT molecular complexity index is 292. The zero-order valence-electron chi connectivity index (χ0n) is 9.22. The molecule has 0 aromatic heterocycles. The number of carbonyl (C=O) groups excluding carboxylic acids is 1. The van der Waals surface area contributed by atoms with Crippen LogP contribution in [0.25, 0.3) is 0 Å². The summed E-state index contributed by atoms with van der Waals surface area (Å²) >= 11 is 0. The van der Waals surface area contributed by atoms with Crippen LogP contribution < -0.4 is 0 Å². The third-order valence-corrected chi connectivity index (χ3v) is 3.78. The topological polar surface area (TPSA) is 20.3 Å². The minimum atomic E-state index is -2.60. The molecule has 4 heteroatoms. The van der Waals surface area contributed by atoms with E-state index < -0.39 is 11.3 Å². The number of likely N-dealkylation sites (tertiary alicyclic amines) is 1. The van der Waals surface area contributed by atoms with Gasteiger partial charge in [0.2, 0.25) is 0 Å². The maximum absolute atomic E-state index is 12.9. The molecule has 2 atom stereocenters. The second-order valence-corrected chi connectivity index (χ2v) is 5.33. The van der Waals surface area contributed by atoms with Crippen LogP contribution in [0.4, 0.5) is 8.78 Å². The van der Waals surface area contributed by atoms with Gasteiger partial charge in [0, 0.05) is 30.7 Å². The average Bonchev–Trinajstić information content (AvgIpc) is 2.46. The fourth-order valence-corrected chi connectivity index (χ4v) is 2.36. The quantitative estimate of drug-likeness (QED) is 0.720. The number of Topliss-reactive ketones (excluding diaryl/α,β-unsaturated/α-hetero) is 1. The van der Waals surface area contributed by atoms with Crippen molar-refractivity contribution in [3.8, 4) is 0 Å². The van der Waals surface area contributed by atoms with E-state index in [1.165, 1.54) is 6.92 Å². The Kier molecular flexibility index (Phi) is 2.37. The smallest absolute Gasteiger partial charge is 0.254 e. The molecule has 1 aliphatic carbocycles. The van der Waals surface area contributed by atoms with Crippen molar-refractivity contribution in [1.29, 1.82) is 0 Å². The number of nitrogens with zero attached hydrogens (tertiary/aromatic N) is 1. The lowest BCUT2D eigenvalue weighted by atomic mass is 9.92. The number of halogens is 2. The van der Waals surface area contributed by atoms with Gasteiger partial charge in [-0.25, -0.2) is 8.78 Å². The predicted octanol–water partition coefficient (Wildman–Crippen LogP) is 1.94. The Morgan fingerprint density at radius 2 is 2.13 bits per heavy atom. The first kappa shape index (κ1) is 11.0. The first-order chi connectivity index (χ1) is 6.84. The summed E-state index contributed by atoms with van der Waals surface area (Å²) < 4.78 is 25.9. The molecule has 2 rings (SSSR count). The van der Waals surface area contributed by atoms with Crippen molar-refractivity contribution in [1.82, 2.24) is 4.90 Å². The molecular formula is C11H17F2NO. The highest BCUT2D eigenvalue weighted by Gasteiger charge is 2.68. The minimum Gasteiger partial charge on any atom is -0.306 e. The van der Waals surface area contributed by atoms with Gasteiger partial charge >= 0.3 is 0 Å². The van der Waals surface area contributed by atoms with Gasteiger partial charge in [0.05, 0.1) is 0 Å². The molecule has 86 valence electrons. The standard InChI is InChI=1S/C11H17F2NO/c1-10(7-11(10,12)13)5-9(15)8-3-4-14(2)6-8/h8H,3-7H2,1-2H3. The third-order valence-electron chi connectivity index (χ3n) is 3.78. The Morgan fingerprint density at radius 1 is 1.53 bits per heavy atom. The van der Waals surface area contributed by atoms with E-state index in [1.807, 2.05) is 7.05 Å². The molecule has 1 saturated heterocycles. The number of hydrogen-bond donors (Lipinski definition) is 0. The molecule has 0 bridgehead atoms. The molecule has 2 unspecified atom stereocenters. The van der Waals surface area contributed by atoms with Crippen LogP contribution in [0.1, 0.15) is 26.2 Å². The monoisotopic (exact) mass is 217 g/mol. The summed E-state index contributed by atoms with van der Waals surface area (Å²) in [6.45, 7) is 3.16. The van der Waals surface area contributed by atoms with Crippen molar-refractivity contribution in [3.05, 3.63) is 0 Å². The van der Waals surface area contributed by atoms with E-state index in [1.54, 1.807) is 0 Å². The first-order valence-corrected chi connectivity index (χ1v) is 5.43. The Balaban J connectivity index is 1.89. The molecule has 0 aromatic rings. The zero-order chi connectivity index (χ0) is 11.3. The van der Waals surface area contributed by atoms with Crippen molar-refractivity contribution in [2.45, 2.75) is 32.1 Å². The van der Waals surface area contributed by atoms with Gasteiger partial charge in [-0.2, -0.15) is 0 Å². The molecule has 0 spiro atoms. The third kappa shape index (κ3) is 1.92. The SMILES string of the molecule is CN1CCC(C(=O)CC2(C)CC2(F)F)C1. The molecule has 1 aliphatic heterocycles.